The predicted octanol–water partition coefficient (Wildman–Crippen LogP) is 3.09. The highest BCUT2D eigenvalue weighted by atomic mass is 35.5. The second-order valence-electron chi connectivity index (χ2n) is 4.01. The van der Waals surface area contributed by atoms with Crippen LogP contribution in [-0.2, 0) is 6.42 Å². The number of halogens is 1. The van der Waals surface area contributed by atoms with Crippen LogP contribution in [0.2, 0.25) is 5.02 Å². The van der Waals surface area contributed by atoms with Gasteiger partial charge in [0, 0.05) is 5.02 Å². The lowest BCUT2D eigenvalue weighted by atomic mass is 10.2. The number of carbonyl (C=O) groups is 1. The number of nitrogens with zero attached hydrogens (tertiary/aromatic N) is 2. The Kier molecular flexibility index (Phi) is 3.39. The Morgan fingerprint density at radius 3 is 2.78 bits per heavy atom. The first kappa shape index (κ1) is 12.6. The maximum absolute atomic E-state index is 11.1. The molecular weight excluding hydrogens is 252 g/mol. The number of aryl methyl sites for hydroxylation is 1. The van der Waals surface area contributed by atoms with Crippen molar-refractivity contribution in [3.8, 4) is 5.69 Å². The van der Waals surface area contributed by atoms with Crippen LogP contribution < -0.4 is 0 Å². The highest BCUT2D eigenvalue weighted by Crippen LogP contribution is 2.21. The van der Waals surface area contributed by atoms with E-state index in [0.29, 0.717) is 17.1 Å². The third kappa shape index (κ3) is 2.11. The number of hydrogen-bond donors (Lipinski definition) is 1. The van der Waals surface area contributed by atoms with Crippen molar-refractivity contribution >= 4 is 17.6 Å². The molecule has 0 bridgehead atoms. The van der Waals surface area contributed by atoms with E-state index < -0.39 is 5.97 Å². The summed E-state index contributed by atoms with van der Waals surface area (Å²) in [5, 5.41) is 13.8. The first-order chi connectivity index (χ1) is 8.54. The molecule has 0 unspecified atom stereocenters. The maximum Gasteiger partial charge on any atom is 0.339 e. The van der Waals surface area contributed by atoms with Crippen molar-refractivity contribution in [1.29, 1.82) is 0 Å². The number of rotatable bonds is 3. The monoisotopic (exact) mass is 264 g/mol. The Balaban J connectivity index is 2.57. The molecule has 0 saturated carbocycles. The lowest BCUT2D eigenvalue weighted by Crippen LogP contribution is -2.05. The zero-order valence-electron chi connectivity index (χ0n) is 10.1. The Morgan fingerprint density at radius 2 is 2.22 bits per heavy atom. The molecule has 1 heterocycles. The molecule has 0 saturated heterocycles. The second kappa shape index (κ2) is 4.82. The van der Waals surface area contributed by atoms with Crippen molar-refractivity contribution in [3.05, 3.63) is 46.2 Å². The summed E-state index contributed by atoms with van der Waals surface area (Å²) in [5.41, 5.74) is 2.65. The SMILES string of the molecule is CCc1c(C(=O)O)cnn1-c1ccc(C)c(Cl)c1. The zero-order chi connectivity index (χ0) is 13.3. The molecule has 18 heavy (non-hydrogen) atoms. The lowest BCUT2D eigenvalue weighted by Gasteiger charge is -2.08. The van der Waals surface area contributed by atoms with Gasteiger partial charge in [0.25, 0.3) is 0 Å². The van der Waals surface area contributed by atoms with E-state index in [1.165, 1.54) is 6.20 Å². The highest BCUT2D eigenvalue weighted by Gasteiger charge is 2.16. The van der Waals surface area contributed by atoms with Gasteiger partial charge in [-0.05, 0) is 31.0 Å². The van der Waals surface area contributed by atoms with E-state index in [9.17, 15) is 4.79 Å². The summed E-state index contributed by atoms with van der Waals surface area (Å²) in [6, 6.07) is 5.55. The molecule has 0 fully saturated rings. The Hall–Kier alpha value is -1.81. The fourth-order valence-corrected chi connectivity index (χ4v) is 2.00. The summed E-state index contributed by atoms with van der Waals surface area (Å²) in [4.78, 5) is 11.1. The van der Waals surface area contributed by atoms with Crippen LogP contribution in [0.1, 0.15) is 28.5 Å². The van der Waals surface area contributed by atoms with E-state index in [0.717, 1.165) is 11.3 Å². The van der Waals surface area contributed by atoms with E-state index in [-0.39, 0.29) is 5.56 Å². The quantitative estimate of drug-likeness (QED) is 0.927. The molecule has 0 amide bonds. The van der Waals surface area contributed by atoms with Gasteiger partial charge in [-0.3, -0.25) is 0 Å². The molecule has 94 valence electrons. The Labute approximate surface area is 110 Å². The third-order valence-corrected chi connectivity index (χ3v) is 3.24. The molecule has 5 heteroatoms. The average Bonchev–Trinajstić information content (AvgIpc) is 2.76. The van der Waals surface area contributed by atoms with Crippen molar-refractivity contribution in [2.24, 2.45) is 0 Å². The van der Waals surface area contributed by atoms with Crippen LogP contribution in [0.25, 0.3) is 5.69 Å². The van der Waals surface area contributed by atoms with Gasteiger partial charge in [-0.2, -0.15) is 5.10 Å². The van der Waals surface area contributed by atoms with E-state index in [4.69, 9.17) is 16.7 Å². The molecule has 1 aromatic heterocycles. The highest BCUT2D eigenvalue weighted by molar-refractivity contribution is 6.31. The topological polar surface area (TPSA) is 55.1 Å². The molecule has 0 spiro atoms. The van der Waals surface area contributed by atoms with Crippen molar-refractivity contribution in [2.75, 3.05) is 0 Å². The lowest BCUT2D eigenvalue weighted by molar-refractivity contribution is 0.0695. The molecule has 0 atom stereocenters. The predicted molar refractivity (Wildman–Crippen MR) is 69.6 cm³/mol. The van der Waals surface area contributed by atoms with Crippen LogP contribution >= 0.6 is 11.6 Å². The summed E-state index contributed by atoms with van der Waals surface area (Å²) < 4.78 is 1.62. The number of carboxylic acid groups (broad SMARTS) is 1. The molecule has 0 aliphatic heterocycles. The maximum atomic E-state index is 11.1. The number of hydrogen-bond acceptors (Lipinski definition) is 2. The molecule has 0 aliphatic rings. The standard InChI is InChI=1S/C13H13ClN2O2/c1-3-12-10(13(17)18)7-15-16(12)9-5-4-8(2)11(14)6-9/h4-7H,3H2,1-2H3,(H,17,18). The number of aromatic nitrogens is 2. The van der Waals surface area contributed by atoms with Crippen molar-refractivity contribution in [2.45, 2.75) is 20.3 Å². The van der Waals surface area contributed by atoms with Gasteiger partial charge in [-0.15, -0.1) is 0 Å². The molecule has 1 N–H and O–H groups in total. The van der Waals surface area contributed by atoms with E-state index in [1.54, 1.807) is 10.7 Å². The largest absolute Gasteiger partial charge is 0.478 e. The molecule has 1 aromatic carbocycles. The number of carboxylic acids is 1. The van der Waals surface area contributed by atoms with Crippen LogP contribution in [0, 0.1) is 6.92 Å². The third-order valence-electron chi connectivity index (χ3n) is 2.83. The molecule has 2 aromatic rings. The van der Waals surface area contributed by atoms with E-state index in [1.807, 2.05) is 26.0 Å². The van der Waals surface area contributed by atoms with Crippen molar-refractivity contribution < 1.29 is 9.90 Å². The normalized spacial score (nSPS) is 10.6. The first-order valence-corrected chi connectivity index (χ1v) is 5.99. The first-order valence-electron chi connectivity index (χ1n) is 5.61. The average molecular weight is 265 g/mol. The van der Waals surface area contributed by atoms with Gasteiger partial charge >= 0.3 is 5.97 Å². The van der Waals surface area contributed by atoms with Crippen LogP contribution in [0.5, 0.6) is 0 Å². The molecular formula is C13H13ClN2O2. The minimum Gasteiger partial charge on any atom is -0.478 e. The summed E-state index contributed by atoms with van der Waals surface area (Å²) >= 11 is 6.07. The summed E-state index contributed by atoms with van der Waals surface area (Å²) in [7, 11) is 0. The molecule has 0 aliphatic carbocycles. The smallest absolute Gasteiger partial charge is 0.339 e. The van der Waals surface area contributed by atoms with Gasteiger partial charge in [0.15, 0.2) is 0 Å². The van der Waals surface area contributed by atoms with Gasteiger partial charge in [0.05, 0.1) is 17.6 Å². The van der Waals surface area contributed by atoms with Gasteiger partial charge in [0.2, 0.25) is 0 Å². The van der Waals surface area contributed by atoms with Gasteiger partial charge in [0.1, 0.15) is 5.56 Å². The fraction of sp³-hybridized carbons (Fsp3) is 0.231. The van der Waals surface area contributed by atoms with Crippen LogP contribution in [-0.4, -0.2) is 20.9 Å². The summed E-state index contributed by atoms with van der Waals surface area (Å²) in [6.07, 6.45) is 1.96. The Morgan fingerprint density at radius 1 is 1.50 bits per heavy atom. The van der Waals surface area contributed by atoms with E-state index >= 15 is 0 Å². The Bertz CT molecular complexity index is 605. The van der Waals surface area contributed by atoms with Gasteiger partial charge < -0.3 is 5.11 Å². The van der Waals surface area contributed by atoms with Gasteiger partial charge in [-0.1, -0.05) is 24.6 Å². The van der Waals surface area contributed by atoms with Gasteiger partial charge in [-0.25, -0.2) is 9.48 Å². The second-order valence-corrected chi connectivity index (χ2v) is 4.42. The molecule has 4 nitrogen and oxygen atoms in total. The zero-order valence-corrected chi connectivity index (χ0v) is 10.9. The minimum absolute atomic E-state index is 0.231. The van der Waals surface area contributed by atoms with Crippen LogP contribution in [0.4, 0.5) is 0 Å². The molecule has 0 radical (unpaired) electrons. The molecule has 2 rings (SSSR count). The summed E-state index contributed by atoms with van der Waals surface area (Å²) in [5.74, 6) is -0.962. The minimum atomic E-state index is -0.962. The summed E-state index contributed by atoms with van der Waals surface area (Å²) in [6.45, 7) is 3.81. The number of aromatic carboxylic acids is 1. The fourth-order valence-electron chi connectivity index (χ4n) is 1.83. The van der Waals surface area contributed by atoms with Crippen molar-refractivity contribution in [1.82, 2.24) is 9.78 Å². The van der Waals surface area contributed by atoms with E-state index in [2.05, 4.69) is 5.10 Å². The number of benzene rings is 1. The van der Waals surface area contributed by atoms with Crippen LogP contribution in [0.15, 0.2) is 24.4 Å². The van der Waals surface area contributed by atoms with Crippen LogP contribution in [0.3, 0.4) is 0 Å². The van der Waals surface area contributed by atoms with Crippen molar-refractivity contribution in [3.63, 3.8) is 0 Å².